The van der Waals surface area contributed by atoms with Crippen molar-refractivity contribution in [3.05, 3.63) is 34.5 Å². The number of non-ortho nitro benzene ring substituents is 1. The largest absolute Gasteiger partial charge is 0.511 e. The van der Waals surface area contributed by atoms with Gasteiger partial charge in [0, 0.05) is 37.4 Å². The van der Waals surface area contributed by atoms with Crippen molar-refractivity contribution in [2.45, 2.75) is 6.54 Å². The van der Waals surface area contributed by atoms with Crippen molar-refractivity contribution in [2.75, 3.05) is 13.7 Å². The summed E-state index contributed by atoms with van der Waals surface area (Å²) >= 11 is 0. The van der Waals surface area contributed by atoms with E-state index >= 15 is 0 Å². The predicted octanol–water partition coefficient (Wildman–Crippen LogP) is 2.25. The molecule has 106 valence electrons. The van der Waals surface area contributed by atoms with E-state index in [9.17, 15) is 14.9 Å². The van der Waals surface area contributed by atoms with Crippen molar-refractivity contribution in [3.8, 4) is 5.75 Å². The highest BCUT2D eigenvalue weighted by Crippen LogP contribution is 2.31. The highest BCUT2D eigenvalue weighted by molar-refractivity contribution is 5.90. The first kappa shape index (κ1) is 13.8. The summed E-state index contributed by atoms with van der Waals surface area (Å²) < 4.78 is 11.3. The summed E-state index contributed by atoms with van der Waals surface area (Å²) in [4.78, 5) is 20.9. The van der Waals surface area contributed by atoms with E-state index in [-0.39, 0.29) is 11.4 Å². The number of carbonyl (C=O) groups is 1. The van der Waals surface area contributed by atoms with E-state index < -0.39 is 11.1 Å². The second-order valence-electron chi connectivity index (χ2n) is 4.01. The van der Waals surface area contributed by atoms with Gasteiger partial charge in [0.05, 0.1) is 17.0 Å². The highest BCUT2D eigenvalue weighted by Gasteiger charge is 2.16. The summed E-state index contributed by atoms with van der Waals surface area (Å²) in [5.74, 6) is 0.138. The summed E-state index contributed by atoms with van der Waals surface area (Å²) in [7, 11) is 1.53. The fourth-order valence-corrected chi connectivity index (χ4v) is 1.91. The van der Waals surface area contributed by atoms with Crippen LogP contribution in [0.2, 0.25) is 0 Å². The monoisotopic (exact) mass is 280 g/mol. The molecular weight excluding hydrogens is 268 g/mol. The molecule has 2 aromatic rings. The summed E-state index contributed by atoms with van der Waals surface area (Å²) in [5.41, 5.74) is 0.448. The summed E-state index contributed by atoms with van der Waals surface area (Å²) in [6, 6.07) is 4.15. The number of benzene rings is 1. The van der Waals surface area contributed by atoms with Crippen molar-refractivity contribution < 1.29 is 24.3 Å². The van der Waals surface area contributed by atoms with Crippen LogP contribution in [0.3, 0.4) is 0 Å². The molecule has 0 unspecified atom stereocenters. The Kier molecular flexibility index (Phi) is 3.85. The third-order valence-electron chi connectivity index (χ3n) is 2.77. The molecule has 20 heavy (non-hydrogen) atoms. The van der Waals surface area contributed by atoms with Gasteiger partial charge < -0.3 is 19.1 Å². The van der Waals surface area contributed by atoms with Crippen molar-refractivity contribution in [1.29, 1.82) is 0 Å². The number of ether oxygens (including phenoxy) is 2. The van der Waals surface area contributed by atoms with Crippen LogP contribution in [-0.4, -0.2) is 34.5 Å². The summed E-state index contributed by atoms with van der Waals surface area (Å²) in [6.07, 6.45) is 0.0517. The van der Waals surface area contributed by atoms with E-state index in [1.54, 1.807) is 4.57 Å². The maximum Gasteiger partial charge on any atom is 0.511 e. The maximum atomic E-state index is 10.8. The Labute approximate surface area is 113 Å². The average Bonchev–Trinajstić information content (AvgIpc) is 2.73. The van der Waals surface area contributed by atoms with E-state index in [1.165, 1.54) is 31.5 Å². The number of nitrogens with zero attached hydrogens (tertiary/aromatic N) is 2. The third-order valence-corrected chi connectivity index (χ3v) is 2.77. The van der Waals surface area contributed by atoms with Gasteiger partial charge >= 0.3 is 6.16 Å². The minimum absolute atomic E-state index is 0.0730. The SMILES string of the molecule is COCCn1cc(OC(=O)O)c2ccc([N+](=O)[O-])cc21. The van der Waals surface area contributed by atoms with E-state index in [1.807, 2.05) is 0 Å². The number of fused-ring (bicyclic) bond motifs is 1. The molecule has 0 saturated carbocycles. The Bertz CT molecular complexity index is 663. The molecule has 8 heteroatoms. The molecular formula is C12H12N2O6. The van der Waals surface area contributed by atoms with Crippen LogP contribution in [0.15, 0.2) is 24.4 Å². The fraction of sp³-hybridized carbons (Fsp3) is 0.250. The normalized spacial score (nSPS) is 10.7. The molecule has 2 rings (SSSR count). The van der Waals surface area contributed by atoms with Crippen LogP contribution in [0.4, 0.5) is 10.5 Å². The number of hydrogen-bond acceptors (Lipinski definition) is 5. The predicted molar refractivity (Wildman–Crippen MR) is 69.1 cm³/mol. The van der Waals surface area contributed by atoms with Crippen molar-refractivity contribution in [1.82, 2.24) is 4.57 Å². The smallest absolute Gasteiger partial charge is 0.449 e. The molecule has 0 amide bonds. The lowest BCUT2D eigenvalue weighted by Crippen LogP contribution is -2.04. The minimum atomic E-state index is -1.44. The van der Waals surface area contributed by atoms with Gasteiger partial charge in [0.2, 0.25) is 0 Å². The first-order valence-electron chi connectivity index (χ1n) is 5.70. The molecule has 1 aromatic heterocycles. The number of methoxy groups -OCH3 is 1. The Morgan fingerprint density at radius 2 is 2.25 bits per heavy atom. The number of nitro groups is 1. The van der Waals surface area contributed by atoms with Crippen LogP contribution in [0.5, 0.6) is 5.75 Å². The van der Waals surface area contributed by atoms with Crippen LogP contribution in [-0.2, 0) is 11.3 Å². The van der Waals surface area contributed by atoms with Crippen molar-refractivity contribution in [3.63, 3.8) is 0 Å². The van der Waals surface area contributed by atoms with E-state index in [0.717, 1.165) is 0 Å². The lowest BCUT2D eigenvalue weighted by atomic mass is 10.2. The third kappa shape index (κ3) is 2.69. The van der Waals surface area contributed by atoms with Gasteiger partial charge in [-0.05, 0) is 6.07 Å². The molecule has 0 spiro atoms. The Balaban J connectivity index is 2.53. The van der Waals surface area contributed by atoms with Crippen LogP contribution in [0.1, 0.15) is 0 Å². The van der Waals surface area contributed by atoms with Gasteiger partial charge in [-0.1, -0.05) is 0 Å². The molecule has 8 nitrogen and oxygen atoms in total. The zero-order chi connectivity index (χ0) is 14.7. The van der Waals surface area contributed by atoms with Gasteiger partial charge in [0.1, 0.15) is 0 Å². The standard InChI is InChI=1S/C12H12N2O6/c1-19-5-4-13-7-11(20-12(15)16)9-3-2-8(14(17)18)6-10(9)13/h2-3,6-7H,4-5H2,1H3,(H,15,16). The number of hydrogen-bond donors (Lipinski definition) is 1. The molecule has 0 radical (unpaired) electrons. The van der Waals surface area contributed by atoms with Gasteiger partial charge in [0.15, 0.2) is 5.75 Å². The Morgan fingerprint density at radius 3 is 2.85 bits per heavy atom. The molecule has 1 heterocycles. The molecule has 0 aliphatic carbocycles. The van der Waals surface area contributed by atoms with Crippen LogP contribution >= 0.6 is 0 Å². The fourth-order valence-electron chi connectivity index (χ4n) is 1.91. The molecule has 0 saturated heterocycles. The highest BCUT2D eigenvalue weighted by atomic mass is 16.7. The van der Waals surface area contributed by atoms with Gasteiger partial charge in [0.25, 0.3) is 5.69 Å². The minimum Gasteiger partial charge on any atom is -0.449 e. The van der Waals surface area contributed by atoms with Crippen molar-refractivity contribution in [2.24, 2.45) is 0 Å². The van der Waals surface area contributed by atoms with Crippen molar-refractivity contribution >= 4 is 22.7 Å². The van der Waals surface area contributed by atoms with Crippen LogP contribution < -0.4 is 4.74 Å². The quantitative estimate of drug-likeness (QED) is 0.511. The van der Waals surface area contributed by atoms with Gasteiger partial charge in [-0.2, -0.15) is 0 Å². The molecule has 0 aliphatic heterocycles. The lowest BCUT2D eigenvalue weighted by molar-refractivity contribution is -0.384. The second-order valence-corrected chi connectivity index (χ2v) is 4.01. The second kappa shape index (κ2) is 5.57. The molecule has 0 atom stereocenters. The van der Waals surface area contributed by atoms with Gasteiger partial charge in [-0.15, -0.1) is 0 Å². The molecule has 0 fully saturated rings. The van der Waals surface area contributed by atoms with E-state index in [4.69, 9.17) is 9.84 Å². The van der Waals surface area contributed by atoms with Gasteiger partial charge in [-0.3, -0.25) is 10.1 Å². The zero-order valence-electron chi connectivity index (χ0n) is 10.6. The van der Waals surface area contributed by atoms with Crippen LogP contribution in [0, 0.1) is 10.1 Å². The molecule has 1 N–H and O–H groups in total. The zero-order valence-corrected chi connectivity index (χ0v) is 10.6. The maximum absolute atomic E-state index is 10.8. The topological polar surface area (TPSA) is 104 Å². The van der Waals surface area contributed by atoms with E-state index in [2.05, 4.69) is 4.74 Å². The Hall–Kier alpha value is -2.61. The molecule has 1 aromatic carbocycles. The molecule has 0 aliphatic rings. The number of carboxylic acid groups (broad SMARTS) is 1. The van der Waals surface area contributed by atoms with Crippen LogP contribution in [0.25, 0.3) is 10.9 Å². The average molecular weight is 280 g/mol. The summed E-state index contributed by atoms with van der Waals surface area (Å²) in [5, 5.41) is 20.0. The summed E-state index contributed by atoms with van der Waals surface area (Å²) in [6.45, 7) is 0.816. The number of rotatable bonds is 5. The Morgan fingerprint density at radius 1 is 1.50 bits per heavy atom. The molecule has 0 bridgehead atoms. The number of aromatic nitrogens is 1. The number of nitro benzene ring substituents is 1. The van der Waals surface area contributed by atoms with Gasteiger partial charge in [-0.25, -0.2) is 4.79 Å². The first-order chi connectivity index (χ1) is 9.52. The lowest BCUT2D eigenvalue weighted by Gasteiger charge is -2.03. The van der Waals surface area contributed by atoms with E-state index in [0.29, 0.717) is 24.1 Å². The first-order valence-corrected chi connectivity index (χ1v) is 5.70.